The molecule has 0 radical (unpaired) electrons. The monoisotopic (exact) mass is 305 g/mol. The van der Waals surface area contributed by atoms with Crippen molar-refractivity contribution in [2.75, 3.05) is 13.7 Å². The molecule has 1 saturated carbocycles. The topological polar surface area (TPSA) is 66.8 Å². The van der Waals surface area contributed by atoms with Crippen LogP contribution in [0.2, 0.25) is 0 Å². The summed E-state index contributed by atoms with van der Waals surface area (Å²) in [6.07, 6.45) is 1.26. The second-order valence-electron chi connectivity index (χ2n) is 5.71. The van der Waals surface area contributed by atoms with Gasteiger partial charge in [-0.3, -0.25) is 9.59 Å². The highest BCUT2D eigenvalue weighted by Gasteiger charge is 2.43. The van der Waals surface area contributed by atoms with Crippen molar-refractivity contribution in [3.8, 4) is 5.75 Å². The zero-order valence-electron chi connectivity index (χ0n) is 13.3. The van der Waals surface area contributed by atoms with E-state index in [0.717, 1.165) is 11.3 Å². The molecule has 0 aliphatic heterocycles. The molecule has 1 aromatic rings. The average molecular weight is 305 g/mol. The van der Waals surface area contributed by atoms with E-state index in [9.17, 15) is 9.59 Å². The van der Waals surface area contributed by atoms with Crippen LogP contribution < -0.4 is 4.74 Å². The smallest absolute Gasteiger partial charge is 0.307 e. The van der Waals surface area contributed by atoms with Crippen LogP contribution in [0, 0.1) is 11.8 Å². The molecular weight excluding hydrogens is 282 g/mol. The van der Waals surface area contributed by atoms with E-state index >= 15 is 0 Å². The van der Waals surface area contributed by atoms with E-state index < -0.39 is 11.9 Å². The maximum Gasteiger partial charge on any atom is 0.307 e. The summed E-state index contributed by atoms with van der Waals surface area (Å²) in [5, 5.41) is 9.14. The molecule has 120 valence electrons. The second-order valence-corrected chi connectivity index (χ2v) is 5.71. The molecule has 3 unspecified atom stereocenters. The van der Waals surface area contributed by atoms with Crippen LogP contribution in [0.5, 0.6) is 5.75 Å². The summed E-state index contributed by atoms with van der Waals surface area (Å²) in [4.78, 5) is 25.6. The second kappa shape index (κ2) is 6.81. The third kappa shape index (κ3) is 3.08. The molecule has 3 atom stereocenters. The fourth-order valence-electron chi connectivity index (χ4n) is 3.01. The van der Waals surface area contributed by atoms with Crippen LogP contribution in [0.4, 0.5) is 0 Å². The molecule has 22 heavy (non-hydrogen) atoms. The lowest BCUT2D eigenvalue weighted by Gasteiger charge is -2.38. The van der Waals surface area contributed by atoms with Gasteiger partial charge in [0.15, 0.2) is 0 Å². The Labute approximate surface area is 130 Å². The summed E-state index contributed by atoms with van der Waals surface area (Å²) in [5.41, 5.74) is 0.987. The van der Waals surface area contributed by atoms with Crippen LogP contribution in [0.15, 0.2) is 24.3 Å². The van der Waals surface area contributed by atoms with Gasteiger partial charge in [0.2, 0.25) is 5.91 Å². The van der Waals surface area contributed by atoms with Crippen LogP contribution in [0.25, 0.3) is 0 Å². The summed E-state index contributed by atoms with van der Waals surface area (Å²) in [6, 6.07) is 7.52. The predicted molar refractivity (Wildman–Crippen MR) is 82.6 cm³/mol. The lowest BCUT2D eigenvalue weighted by molar-refractivity contribution is -0.157. The fourth-order valence-corrected chi connectivity index (χ4v) is 3.01. The minimum absolute atomic E-state index is 0.0588. The van der Waals surface area contributed by atoms with E-state index in [4.69, 9.17) is 9.84 Å². The highest BCUT2D eigenvalue weighted by atomic mass is 16.5. The van der Waals surface area contributed by atoms with Gasteiger partial charge < -0.3 is 14.7 Å². The maximum atomic E-state index is 12.7. The summed E-state index contributed by atoms with van der Waals surface area (Å²) < 4.78 is 5.23. The molecular formula is C17H23NO4. The summed E-state index contributed by atoms with van der Waals surface area (Å²) in [5.74, 6) is -1.09. The Balaban J connectivity index is 2.16. The quantitative estimate of drug-likeness (QED) is 0.877. The third-order valence-corrected chi connectivity index (χ3v) is 4.58. The number of amides is 1. The number of carbonyl (C=O) groups excluding carboxylic acids is 1. The molecule has 0 spiro atoms. The molecule has 0 aromatic heterocycles. The number of carboxylic acid groups (broad SMARTS) is 1. The molecule has 1 amide bonds. The number of rotatable bonds is 6. The van der Waals surface area contributed by atoms with Crippen molar-refractivity contribution in [3.63, 3.8) is 0 Å². The summed E-state index contributed by atoms with van der Waals surface area (Å²) in [7, 11) is 1.61. The molecule has 1 aromatic carbocycles. The number of carboxylic acids is 1. The van der Waals surface area contributed by atoms with Gasteiger partial charge in [-0.25, -0.2) is 0 Å². The number of benzene rings is 1. The lowest BCUT2D eigenvalue weighted by atomic mass is 9.72. The highest BCUT2D eigenvalue weighted by Crippen LogP contribution is 2.37. The van der Waals surface area contributed by atoms with Crippen molar-refractivity contribution in [2.24, 2.45) is 11.8 Å². The number of nitrogens with zero attached hydrogens (tertiary/aromatic N) is 1. The first-order chi connectivity index (χ1) is 10.5. The molecule has 5 heteroatoms. The highest BCUT2D eigenvalue weighted by molar-refractivity contribution is 5.86. The zero-order chi connectivity index (χ0) is 16.3. The van der Waals surface area contributed by atoms with E-state index in [-0.39, 0.29) is 17.9 Å². The van der Waals surface area contributed by atoms with E-state index in [2.05, 4.69) is 0 Å². The minimum atomic E-state index is -0.866. The molecule has 2 rings (SSSR count). The molecule has 1 fully saturated rings. The zero-order valence-corrected chi connectivity index (χ0v) is 13.3. The van der Waals surface area contributed by atoms with E-state index in [0.29, 0.717) is 19.4 Å². The Morgan fingerprint density at radius 3 is 2.55 bits per heavy atom. The van der Waals surface area contributed by atoms with Crippen molar-refractivity contribution in [3.05, 3.63) is 29.8 Å². The van der Waals surface area contributed by atoms with Crippen LogP contribution in [-0.4, -0.2) is 35.5 Å². The molecule has 1 aliphatic rings. The van der Waals surface area contributed by atoms with Gasteiger partial charge in [0.25, 0.3) is 0 Å². The lowest BCUT2D eigenvalue weighted by Crippen LogP contribution is -2.46. The first kappa shape index (κ1) is 16.3. The van der Waals surface area contributed by atoms with Crippen LogP contribution in [0.1, 0.15) is 38.3 Å². The number of carbonyl (C=O) groups is 2. The van der Waals surface area contributed by atoms with Crippen molar-refractivity contribution in [1.82, 2.24) is 4.90 Å². The largest absolute Gasteiger partial charge is 0.497 e. The van der Waals surface area contributed by atoms with Crippen LogP contribution in [-0.2, 0) is 9.59 Å². The third-order valence-electron chi connectivity index (χ3n) is 4.58. The van der Waals surface area contributed by atoms with Gasteiger partial charge in [-0.2, -0.15) is 0 Å². The SMILES string of the molecule is CCN(C(=O)C1CCC1C(=O)O)C(C)c1cccc(OC)c1. The Morgan fingerprint density at radius 1 is 1.36 bits per heavy atom. The molecule has 0 heterocycles. The Bertz CT molecular complexity index is 557. The minimum Gasteiger partial charge on any atom is -0.497 e. The summed E-state index contributed by atoms with van der Waals surface area (Å²) in [6.45, 7) is 4.44. The maximum absolute atomic E-state index is 12.7. The van der Waals surface area contributed by atoms with E-state index in [1.54, 1.807) is 12.0 Å². The first-order valence-corrected chi connectivity index (χ1v) is 7.66. The first-order valence-electron chi connectivity index (χ1n) is 7.66. The fraction of sp³-hybridized carbons (Fsp3) is 0.529. The molecule has 1 N–H and O–H groups in total. The number of hydrogen-bond acceptors (Lipinski definition) is 3. The standard InChI is InChI=1S/C17H23NO4/c1-4-18(16(19)14-8-9-15(14)17(20)21)11(2)12-6-5-7-13(10-12)22-3/h5-7,10-11,14-15H,4,8-9H2,1-3H3,(H,20,21). The number of aliphatic carboxylic acids is 1. The number of ether oxygens (including phenoxy) is 1. The van der Waals surface area contributed by atoms with Gasteiger partial charge in [-0.15, -0.1) is 0 Å². The van der Waals surface area contributed by atoms with E-state index in [1.807, 2.05) is 38.1 Å². The Morgan fingerprint density at radius 2 is 2.05 bits per heavy atom. The average Bonchev–Trinajstić information content (AvgIpc) is 2.46. The molecule has 1 aliphatic carbocycles. The van der Waals surface area contributed by atoms with Gasteiger partial charge in [0.1, 0.15) is 5.75 Å². The predicted octanol–water partition coefficient (Wildman–Crippen LogP) is 2.72. The Hall–Kier alpha value is -2.04. The van der Waals surface area contributed by atoms with Crippen molar-refractivity contribution >= 4 is 11.9 Å². The van der Waals surface area contributed by atoms with Gasteiger partial charge in [0, 0.05) is 6.54 Å². The normalized spacial score (nSPS) is 21.6. The Kier molecular flexibility index (Phi) is 5.06. The van der Waals surface area contributed by atoms with Gasteiger partial charge in [-0.1, -0.05) is 12.1 Å². The van der Waals surface area contributed by atoms with Crippen molar-refractivity contribution in [1.29, 1.82) is 0 Å². The molecule has 0 bridgehead atoms. The summed E-state index contributed by atoms with van der Waals surface area (Å²) >= 11 is 0. The van der Waals surface area contributed by atoms with Gasteiger partial charge in [0.05, 0.1) is 25.0 Å². The number of methoxy groups -OCH3 is 1. The molecule has 5 nitrogen and oxygen atoms in total. The molecule has 0 saturated heterocycles. The number of hydrogen-bond donors (Lipinski definition) is 1. The van der Waals surface area contributed by atoms with Gasteiger partial charge in [-0.05, 0) is 44.4 Å². The van der Waals surface area contributed by atoms with Crippen LogP contribution >= 0.6 is 0 Å². The van der Waals surface area contributed by atoms with E-state index in [1.165, 1.54) is 0 Å². The van der Waals surface area contributed by atoms with Crippen LogP contribution in [0.3, 0.4) is 0 Å². The van der Waals surface area contributed by atoms with Crippen molar-refractivity contribution in [2.45, 2.75) is 32.7 Å². The van der Waals surface area contributed by atoms with Gasteiger partial charge >= 0.3 is 5.97 Å². The van der Waals surface area contributed by atoms with Crippen molar-refractivity contribution < 1.29 is 19.4 Å².